The largest absolute Gasteiger partial charge is 0.208 e. The SMILES string of the molecule is CC1(C)c2cc(-c3ccc(-c4nc(-c5ccc6c(c5)C(c5ccccc5)(c5ccccc5)c5ccccc5-6)nc(-c5ccc6c(ccc7c8ccccc8ccc67)c5)n4)cc3)ccc2-c2ccc(-c3nc(-c4ccccc4)nc(-c4ccc5c(ccc6c7ccccc7ccc56)c4)n3)cc21. The van der Waals surface area contributed by atoms with Crippen LogP contribution in [0, 0.1) is 0 Å². The van der Waals surface area contributed by atoms with Crippen LogP contribution in [0.25, 0.3) is 166 Å². The van der Waals surface area contributed by atoms with E-state index < -0.39 is 5.41 Å². The van der Waals surface area contributed by atoms with Crippen LogP contribution in [0.5, 0.6) is 0 Å². The van der Waals surface area contributed by atoms with E-state index in [2.05, 4.69) is 323 Å². The van der Waals surface area contributed by atoms with Crippen molar-refractivity contribution in [2.45, 2.75) is 24.7 Å². The highest BCUT2D eigenvalue weighted by molar-refractivity contribution is 6.19. The lowest BCUT2D eigenvalue weighted by Crippen LogP contribution is -2.28. The lowest BCUT2D eigenvalue weighted by atomic mass is 9.67. The third kappa shape index (κ3) is 8.97. The van der Waals surface area contributed by atoms with E-state index in [0.29, 0.717) is 34.9 Å². The summed E-state index contributed by atoms with van der Waals surface area (Å²) in [7, 11) is 0. The van der Waals surface area contributed by atoms with Gasteiger partial charge in [0.15, 0.2) is 34.9 Å². The van der Waals surface area contributed by atoms with Gasteiger partial charge in [-0.05, 0) is 162 Å². The number of rotatable bonds is 9. The van der Waals surface area contributed by atoms with Gasteiger partial charge in [0, 0.05) is 38.8 Å². The smallest absolute Gasteiger partial charge is 0.164 e. The van der Waals surface area contributed by atoms with Crippen LogP contribution in [0.3, 0.4) is 0 Å². The molecule has 466 valence electrons. The van der Waals surface area contributed by atoms with Crippen molar-refractivity contribution in [2.24, 2.45) is 0 Å². The van der Waals surface area contributed by atoms with E-state index in [1.54, 1.807) is 0 Å². The Morgan fingerprint density at radius 2 is 0.500 bits per heavy atom. The molecule has 0 bridgehead atoms. The van der Waals surface area contributed by atoms with Crippen LogP contribution in [-0.4, -0.2) is 29.9 Å². The maximum atomic E-state index is 5.45. The molecule has 0 fully saturated rings. The minimum atomic E-state index is -0.593. The first-order valence-electron chi connectivity index (χ1n) is 34.3. The van der Waals surface area contributed by atoms with Crippen molar-refractivity contribution in [3.63, 3.8) is 0 Å². The van der Waals surface area contributed by atoms with Crippen molar-refractivity contribution in [2.75, 3.05) is 0 Å². The molecule has 0 amide bonds. The summed E-state index contributed by atoms with van der Waals surface area (Å²) in [5.41, 5.74) is 19.0. The lowest BCUT2D eigenvalue weighted by Gasteiger charge is -2.34. The summed E-state index contributed by atoms with van der Waals surface area (Å²) in [5.74, 6) is 3.70. The molecule has 0 radical (unpaired) electrons. The van der Waals surface area contributed by atoms with Gasteiger partial charge in [-0.1, -0.05) is 311 Å². The van der Waals surface area contributed by atoms with Gasteiger partial charge in [0.1, 0.15) is 0 Å². The topological polar surface area (TPSA) is 77.3 Å². The lowest BCUT2D eigenvalue weighted by molar-refractivity contribution is 0.661. The van der Waals surface area contributed by atoms with E-state index in [-0.39, 0.29) is 5.41 Å². The summed E-state index contributed by atoms with van der Waals surface area (Å²) in [6.45, 7) is 4.67. The second-order valence-corrected chi connectivity index (χ2v) is 27.3. The van der Waals surface area contributed by atoms with Gasteiger partial charge in [0.05, 0.1) is 5.41 Å². The Kier molecular flexibility index (Phi) is 12.8. The van der Waals surface area contributed by atoms with Crippen molar-refractivity contribution in [1.82, 2.24) is 29.9 Å². The van der Waals surface area contributed by atoms with Crippen molar-refractivity contribution < 1.29 is 0 Å². The number of fused-ring (bicyclic) bond motifs is 16. The van der Waals surface area contributed by atoms with Crippen molar-refractivity contribution in [3.8, 4) is 102 Å². The summed E-state index contributed by atoms with van der Waals surface area (Å²) in [6.07, 6.45) is 0. The molecule has 2 aliphatic rings. The van der Waals surface area contributed by atoms with E-state index in [0.717, 1.165) is 55.3 Å². The number of hydrogen-bond donors (Lipinski definition) is 0. The first kappa shape index (κ1) is 57.4. The molecule has 100 heavy (non-hydrogen) atoms. The van der Waals surface area contributed by atoms with E-state index in [1.807, 2.05) is 18.2 Å². The third-order valence-corrected chi connectivity index (χ3v) is 21.4. The summed E-state index contributed by atoms with van der Waals surface area (Å²) < 4.78 is 0. The Morgan fingerprint density at radius 1 is 0.190 bits per heavy atom. The van der Waals surface area contributed by atoms with Crippen LogP contribution >= 0.6 is 0 Å². The van der Waals surface area contributed by atoms with Gasteiger partial charge >= 0.3 is 0 Å². The van der Waals surface area contributed by atoms with Crippen LogP contribution in [-0.2, 0) is 10.8 Å². The fourth-order valence-corrected chi connectivity index (χ4v) is 16.5. The molecule has 0 saturated carbocycles. The first-order valence-corrected chi connectivity index (χ1v) is 34.3. The molecular formula is C94H60N6. The summed E-state index contributed by atoms with van der Waals surface area (Å²) >= 11 is 0. The van der Waals surface area contributed by atoms with E-state index in [4.69, 9.17) is 29.9 Å². The molecule has 2 heterocycles. The average Bonchev–Trinajstić information content (AvgIpc) is 1.53. The molecule has 0 atom stereocenters. The maximum absolute atomic E-state index is 5.45. The molecule has 18 aromatic rings. The predicted molar refractivity (Wildman–Crippen MR) is 411 cm³/mol. The standard InChI is InChI=1S/C94H60N6/c1-93(2)84-54-62(36-49-80(84)81-50-41-67(55-85(81)93)91-96-87(60-20-6-3-7-21-60)95-89(99-91)65-39-43-73-63(52-65)37-47-75-71-26-14-12-18-58(71)34-45-77(73)75)57-30-32-61(33-31-57)88-97-90(66-40-44-74-64(53-66)38-48-76-72-27-15-13-19-59(72)35-46-78(74)76)100-92(98-88)68-42-51-82-79-28-16-17-29-83(79)94(86(82)56-68,69-22-8-4-9-23-69)70-24-10-5-11-25-70/h3-56H,1-2H3. The zero-order valence-electron chi connectivity index (χ0n) is 54.9. The number of nitrogens with zero attached hydrogens (tertiary/aromatic N) is 6. The second kappa shape index (κ2) is 22.3. The first-order chi connectivity index (χ1) is 49.3. The Labute approximate surface area is 578 Å². The highest BCUT2D eigenvalue weighted by Gasteiger charge is 2.46. The maximum Gasteiger partial charge on any atom is 0.164 e. The van der Waals surface area contributed by atoms with Gasteiger partial charge in [0.2, 0.25) is 0 Å². The number of benzene rings is 16. The van der Waals surface area contributed by atoms with Crippen LogP contribution in [0.1, 0.15) is 47.2 Å². The molecule has 0 N–H and O–H groups in total. The molecule has 16 aromatic carbocycles. The molecule has 2 aromatic heterocycles. The predicted octanol–water partition coefficient (Wildman–Crippen LogP) is 23.3. The summed E-state index contributed by atoms with van der Waals surface area (Å²) in [6, 6.07) is 119. The molecule has 20 rings (SSSR count). The fourth-order valence-electron chi connectivity index (χ4n) is 16.5. The highest BCUT2D eigenvalue weighted by atomic mass is 15.0. The zero-order valence-corrected chi connectivity index (χ0v) is 54.9. The Balaban J connectivity index is 0.664. The monoisotopic (exact) mass is 1270 g/mol. The molecular weight excluding hydrogens is 1210 g/mol. The molecule has 0 spiro atoms. The molecule has 6 heteroatoms. The molecule has 2 aliphatic carbocycles. The van der Waals surface area contributed by atoms with Gasteiger partial charge in [-0.2, -0.15) is 0 Å². The second-order valence-electron chi connectivity index (χ2n) is 27.3. The third-order valence-electron chi connectivity index (χ3n) is 21.4. The summed E-state index contributed by atoms with van der Waals surface area (Å²) in [5, 5.41) is 14.5. The van der Waals surface area contributed by atoms with Gasteiger partial charge in [-0.3, -0.25) is 0 Å². The van der Waals surface area contributed by atoms with E-state index in [1.165, 1.54) is 109 Å². The normalized spacial score (nSPS) is 13.3. The molecule has 0 unspecified atom stereocenters. The minimum Gasteiger partial charge on any atom is -0.208 e. The quantitative estimate of drug-likeness (QED) is 0.134. The molecule has 0 saturated heterocycles. The average molecular weight is 1270 g/mol. The van der Waals surface area contributed by atoms with Crippen molar-refractivity contribution in [1.29, 1.82) is 0 Å². The van der Waals surface area contributed by atoms with Gasteiger partial charge < -0.3 is 0 Å². The van der Waals surface area contributed by atoms with Crippen LogP contribution < -0.4 is 0 Å². The van der Waals surface area contributed by atoms with Crippen LogP contribution in [0.15, 0.2) is 328 Å². The number of aromatic nitrogens is 6. The zero-order chi connectivity index (χ0) is 66.2. The Morgan fingerprint density at radius 3 is 1.00 bits per heavy atom. The van der Waals surface area contributed by atoms with Crippen LogP contribution in [0.4, 0.5) is 0 Å². The fraction of sp³-hybridized carbons (Fsp3) is 0.0426. The van der Waals surface area contributed by atoms with E-state index >= 15 is 0 Å². The number of hydrogen-bond acceptors (Lipinski definition) is 6. The molecule has 6 nitrogen and oxygen atoms in total. The van der Waals surface area contributed by atoms with Crippen LogP contribution in [0.2, 0.25) is 0 Å². The molecule has 0 aliphatic heterocycles. The van der Waals surface area contributed by atoms with Crippen molar-refractivity contribution >= 4 is 64.6 Å². The minimum absolute atomic E-state index is 0.342. The van der Waals surface area contributed by atoms with Crippen molar-refractivity contribution in [3.05, 3.63) is 361 Å². The Hall–Kier alpha value is -12.9. The van der Waals surface area contributed by atoms with Gasteiger partial charge in [-0.15, -0.1) is 0 Å². The highest BCUT2D eigenvalue weighted by Crippen LogP contribution is 2.57. The Bertz CT molecular complexity index is 6380. The summed E-state index contributed by atoms with van der Waals surface area (Å²) in [4.78, 5) is 32.0. The van der Waals surface area contributed by atoms with Gasteiger partial charge in [-0.25, -0.2) is 29.9 Å². The van der Waals surface area contributed by atoms with Gasteiger partial charge in [0.25, 0.3) is 0 Å². The van der Waals surface area contributed by atoms with E-state index in [9.17, 15) is 0 Å².